The molecule has 0 spiro atoms. The largest absolute Gasteiger partial charge is 0.504 e. The first-order chi connectivity index (χ1) is 26.1. The standard InChI is InChI=1S/C42H46O12/c1-47-33-9-7-23(17-35(33)49-3)11-27-21-53-41(45)29(27)13-25-15-31(39(43)37(19-25)51-5)32-16-26(20-38(52-6)40(32)44)14-30-28(22-54-42(30)46)12-24-8-10-34(48-2)36(18-24)50-4/h7-10,15-20,27-30,43-44H,11-14,21-22H2,1-6H3/t27-,28-,29+,30?/m0/s1. The molecule has 286 valence electrons. The van der Waals surface area contributed by atoms with Crippen LogP contribution in [0, 0.1) is 23.7 Å². The van der Waals surface area contributed by atoms with E-state index in [4.69, 9.17) is 37.9 Å². The Morgan fingerprint density at radius 2 is 0.833 bits per heavy atom. The number of methoxy groups -OCH3 is 6. The average molecular weight is 743 g/mol. The summed E-state index contributed by atoms with van der Waals surface area (Å²) >= 11 is 0. The van der Waals surface area contributed by atoms with Gasteiger partial charge in [0.15, 0.2) is 46.0 Å². The summed E-state index contributed by atoms with van der Waals surface area (Å²) in [6.07, 6.45) is 1.72. The van der Waals surface area contributed by atoms with Crippen molar-refractivity contribution in [2.24, 2.45) is 23.7 Å². The monoisotopic (exact) mass is 742 g/mol. The molecule has 1 unspecified atom stereocenters. The van der Waals surface area contributed by atoms with Crippen LogP contribution in [0.5, 0.6) is 46.0 Å². The minimum absolute atomic E-state index is 0.131. The molecule has 2 aliphatic heterocycles. The highest BCUT2D eigenvalue weighted by molar-refractivity contribution is 5.82. The first-order valence-electron chi connectivity index (χ1n) is 17.7. The van der Waals surface area contributed by atoms with E-state index >= 15 is 0 Å². The van der Waals surface area contributed by atoms with E-state index in [1.807, 2.05) is 36.4 Å². The van der Waals surface area contributed by atoms with Gasteiger partial charge in [0.2, 0.25) is 0 Å². The van der Waals surface area contributed by atoms with Gasteiger partial charge >= 0.3 is 11.9 Å². The molecule has 12 nitrogen and oxygen atoms in total. The Balaban J connectivity index is 1.29. The fourth-order valence-corrected chi connectivity index (χ4v) is 7.53. The number of rotatable bonds is 15. The third kappa shape index (κ3) is 7.78. The average Bonchev–Trinajstić information content (AvgIpc) is 3.71. The van der Waals surface area contributed by atoms with Gasteiger partial charge in [0.05, 0.1) is 67.7 Å². The second kappa shape index (κ2) is 16.5. The number of phenolic OH excluding ortho intramolecular Hbond substituents is 2. The summed E-state index contributed by atoms with van der Waals surface area (Å²) in [7, 11) is 9.18. The molecule has 2 saturated heterocycles. The lowest BCUT2D eigenvalue weighted by atomic mass is 9.83. The van der Waals surface area contributed by atoms with E-state index in [9.17, 15) is 19.8 Å². The number of hydrogen-bond donors (Lipinski definition) is 2. The molecule has 2 heterocycles. The van der Waals surface area contributed by atoms with Crippen molar-refractivity contribution in [3.05, 3.63) is 82.9 Å². The molecule has 4 aromatic rings. The molecular weight excluding hydrogens is 696 g/mol. The molecule has 0 amide bonds. The molecule has 4 atom stereocenters. The van der Waals surface area contributed by atoms with Gasteiger partial charge in [-0.3, -0.25) is 9.59 Å². The van der Waals surface area contributed by atoms with Crippen molar-refractivity contribution in [2.45, 2.75) is 25.7 Å². The highest BCUT2D eigenvalue weighted by atomic mass is 16.5. The number of benzene rings is 4. The Labute approximate surface area is 314 Å². The number of phenols is 2. The van der Waals surface area contributed by atoms with Crippen molar-refractivity contribution in [3.63, 3.8) is 0 Å². The van der Waals surface area contributed by atoms with Gasteiger partial charge in [-0.1, -0.05) is 12.1 Å². The van der Waals surface area contributed by atoms with Crippen LogP contribution in [0.4, 0.5) is 0 Å². The molecule has 0 radical (unpaired) electrons. The lowest BCUT2D eigenvalue weighted by Gasteiger charge is -2.20. The molecule has 0 bridgehead atoms. The Bertz CT molecular complexity index is 1860. The Kier molecular flexibility index (Phi) is 11.6. The summed E-state index contributed by atoms with van der Waals surface area (Å²) in [5, 5.41) is 22.9. The molecule has 0 aromatic heterocycles. The van der Waals surface area contributed by atoms with Crippen molar-refractivity contribution in [1.82, 2.24) is 0 Å². The van der Waals surface area contributed by atoms with Crippen molar-refractivity contribution in [1.29, 1.82) is 0 Å². The SMILES string of the molecule is COc1ccc(C[C@H]2COC(=O)C2Cc2cc(OC)c(O)c(-c3cc(C[C@H]4C(=O)OC[C@@H]4Cc4ccc(OC)c(OC)c4)cc(OC)c3O)c2)cc1OC. The zero-order chi connectivity index (χ0) is 38.5. The highest BCUT2D eigenvalue weighted by Gasteiger charge is 2.39. The predicted molar refractivity (Wildman–Crippen MR) is 198 cm³/mol. The molecular formula is C42H46O12. The second-order valence-corrected chi connectivity index (χ2v) is 13.6. The number of ether oxygens (including phenoxy) is 8. The minimum Gasteiger partial charge on any atom is -0.504 e. The third-order valence-corrected chi connectivity index (χ3v) is 10.4. The van der Waals surface area contributed by atoms with Crippen LogP contribution >= 0.6 is 0 Å². The molecule has 2 fully saturated rings. The van der Waals surface area contributed by atoms with E-state index in [1.54, 1.807) is 52.7 Å². The summed E-state index contributed by atoms with van der Waals surface area (Å²) in [5.74, 6) is 0.519. The van der Waals surface area contributed by atoms with Gasteiger partial charge in [0, 0.05) is 23.0 Å². The van der Waals surface area contributed by atoms with Gasteiger partial charge in [-0.15, -0.1) is 0 Å². The number of hydrogen-bond acceptors (Lipinski definition) is 12. The summed E-state index contributed by atoms with van der Waals surface area (Å²) < 4.78 is 43.9. The fourth-order valence-electron chi connectivity index (χ4n) is 7.53. The maximum absolute atomic E-state index is 13.1. The normalized spacial score (nSPS) is 19.2. The summed E-state index contributed by atoms with van der Waals surface area (Å²) in [5.41, 5.74) is 3.88. The van der Waals surface area contributed by atoms with Crippen molar-refractivity contribution >= 4 is 11.9 Å². The van der Waals surface area contributed by atoms with Crippen molar-refractivity contribution in [3.8, 4) is 57.1 Å². The third-order valence-electron chi connectivity index (χ3n) is 10.4. The first-order valence-corrected chi connectivity index (χ1v) is 17.7. The maximum Gasteiger partial charge on any atom is 0.309 e. The van der Waals surface area contributed by atoms with Gasteiger partial charge in [-0.25, -0.2) is 0 Å². The molecule has 2 aliphatic rings. The number of carbonyl (C=O) groups is 2. The Morgan fingerprint density at radius 1 is 0.481 bits per heavy atom. The molecule has 54 heavy (non-hydrogen) atoms. The number of cyclic esters (lactones) is 2. The van der Waals surface area contributed by atoms with E-state index in [0.717, 1.165) is 11.1 Å². The molecule has 12 heteroatoms. The first kappa shape index (κ1) is 38.0. The number of aromatic hydroxyl groups is 2. The molecule has 4 aromatic carbocycles. The van der Waals surface area contributed by atoms with Crippen molar-refractivity contribution in [2.75, 3.05) is 55.9 Å². The van der Waals surface area contributed by atoms with E-state index in [-0.39, 0.29) is 71.1 Å². The van der Waals surface area contributed by atoms with Crippen LogP contribution in [-0.2, 0) is 44.7 Å². The highest BCUT2D eigenvalue weighted by Crippen LogP contribution is 2.47. The lowest BCUT2D eigenvalue weighted by Crippen LogP contribution is -2.21. The molecule has 2 N–H and O–H groups in total. The predicted octanol–water partition coefficient (Wildman–Crippen LogP) is 5.97. The molecule has 0 aliphatic carbocycles. The van der Waals surface area contributed by atoms with Crippen LogP contribution in [0.1, 0.15) is 22.3 Å². The Hall–Kier alpha value is -5.78. The second-order valence-electron chi connectivity index (χ2n) is 13.6. The van der Waals surface area contributed by atoms with E-state index in [0.29, 0.717) is 59.8 Å². The van der Waals surface area contributed by atoms with Crippen LogP contribution in [0.3, 0.4) is 0 Å². The summed E-state index contributed by atoms with van der Waals surface area (Å²) in [6.45, 7) is 0.521. The number of carbonyl (C=O) groups excluding carboxylic acids is 2. The topological polar surface area (TPSA) is 148 Å². The Morgan fingerprint density at radius 3 is 1.19 bits per heavy atom. The van der Waals surface area contributed by atoms with Gasteiger partial charge in [-0.2, -0.15) is 0 Å². The van der Waals surface area contributed by atoms with Gasteiger partial charge in [0.25, 0.3) is 0 Å². The van der Waals surface area contributed by atoms with Crippen molar-refractivity contribution < 1.29 is 57.7 Å². The molecule has 6 rings (SSSR count). The van der Waals surface area contributed by atoms with Crippen LogP contribution in [0.25, 0.3) is 11.1 Å². The van der Waals surface area contributed by atoms with Crippen LogP contribution < -0.4 is 28.4 Å². The summed E-state index contributed by atoms with van der Waals surface area (Å²) in [6, 6.07) is 18.2. The number of esters is 2. The van der Waals surface area contributed by atoms with Crippen LogP contribution in [0.15, 0.2) is 60.7 Å². The zero-order valence-electron chi connectivity index (χ0n) is 31.3. The van der Waals surface area contributed by atoms with E-state index in [2.05, 4.69) is 0 Å². The van der Waals surface area contributed by atoms with Gasteiger partial charge in [0.1, 0.15) is 0 Å². The molecule has 0 saturated carbocycles. The van der Waals surface area contributed by atoms with Gasteiger partial charge < -0.3 is 48.1 Å². The van der Waals surface area contributed by atoms with Crippen LogP contribution in [0.2, 0.25) is 0 Å². The van der Waals surface area contributed by atoms with E-state index in [1.165, 1.54) is 14.2 Å². The zero-order valence-corrected chi connectivity index (χ0v) is 31.3. The fraction of sp³-hybridized carbons (Fsp3) is 0.381. The maximum atomic E-state index is 13.1. The van der Waals surface area contributed by atoms with Gasteiger partial charge in [-0.05, 0) is 96.5 Å². The minimum atomic E-state index is -0.481. The smallest absolute Gasteiger partial charge is 0.309 e. The van der Waals surface area contributed by atoms with Crippen LogP contribution in [-0.4, -0.2) is 78.0 Å². The lowest BCUT2D eigenvalue weighted by molar-refractivity contribution is -0.142. The van der Waals surface area contributed by atoms with E-state index < -0.39 is 11.8 Å². The summed E-state index contributed by atoms with van der Waals surface area (Å²) in [4.78, 5) is 26.2. The quantitative estimate of drug-likeness (QED) is 0.138.